The molecule has 0 aliphatic heterocycles. The van der Waals surface area contributed by atoms with Gasteiger partial charge in [-0.2, -0.15) is 0 Å². The topological polar surface area (TPSA) is 96.0 Å². The number of halogens is 2. The first-order chi connectivity index (χ1) is 19.0. The molecule has 40 heavy (non-hydrogen) atoms. The molecule has 0 bridgehead atoms. The van der Waals surface area contributed by atoms with Gasteiger partial charge in [-0.25, -0.2) is 12.8 Å². The fraction of sp³-hybridized carbons (Fsp3) is 0.310. The van der Waals surface area contributed by atoms with Crippen molar-refractivity contribution in [3.8, 4) is 5.75 Å². The van der Waals surface area contributed by atoms with Gasteiger partial charge in [-0.1, -0.05) is 35.0 Å². The second kappa shape index (κ2) is 13.8. The van der Waals surface area contributed by atoms with Gasteiger partial charge in [0.25, 0.3) is 10.0 Å². The van der Waals surface area contributed by atoms with Crippen molar-refractivity contribution in [2.24, 2.45) is 0 Å². The molecule has 8 nitrogen and oxygen atoms in total. The van der Waals surface area contributed by atoms with Crippen molar-refractivity contribution in [2.75, 3.05) is 18.0 Å². The fourth-order valence-corrected chi connectivity index (χ4v) is 5.75. The summed E-state index contributed by atoms with van der Waals surface area (Å²) in [5.74, 6) is -1.05. The van der Waals surface area contributed by atoms with Gasteiger partial charge in [0.1, 0.15) is 24.2 Å². The largest absolute Gasteiger partial charge is 0.497 e. The first kappa shape index (κ1) is 31.1. The Labute approximate surface area is 243 Å². The van der Waals surface area contributed by atoms with Crippen molar-refractivity contribution in [1.29, 1.82) is 0 Å². The highest BCUT2D eigenvalue weighted by atomic mass is 79.9. The number of sulfonamides is 1. The monoisotopic (exact) mass is 633 g/mol. The summed E-state index contributed by atoms with van der Waals surface area (Å²) in [4.78, 5) is 28.3. The van der Waals surface area contributed by atoms with Crippen LogP contribution in [0.1, 0.15) is 32.8 Å². The second-order valence-electron chi connectivity index (χ2n) is 9.31. The molecule has 0 radical (unpaired) electrons. The summed E-state index contributed by atoms with van der Waals surface area (Å²) >= 11 is 3.43. The summed E-state index contributed by atoms with van der Waals surface area (Å²) in [6, 6.07) is 16.9. The lowest BCUT2D eigenvalue weighted by Crippen LogP contribution is -2.52. The Hall–Kier alpha value is -3.44. The number of benzene rings is 3. The molecule has 3 aromatic rings. The molecule has 0 aliphatic carbocycles. The summed E-state index contributed by atoms with van der Waals surface area (Å²) in [7, 11) is -2.81. The zero-order valence-corrected chi connectivity index (χ0v) is 25.2. The summed E-state index contributed by atoms with van der Waals surface area (Å²) in [5, 5.41) is 2.89. The average molecular weight is 635 g/mol. The number of nitrogens with zero attached hydrogens (tertiary/aromatic N) is 2. The van der Waals surface area contributed by atoms with Gasteiger partial charge >= 0.3 is 0 Å². The number of ether oxygens (including phenoxy) is 1. The lowest BCUT2D eigenvalue weighted by atomic mass is 10.1. The number of rotatable bonds is 12. The summed E-state index contributed by atoms with van der Waals surface area (Å²) in [5.41, 5.74) is 0.849. The van der Waals surface area contributed by atoms with E-state index >= 15 is 0 Å². The van der Waals surface area contributed by atoms with E-state index in [4.69, 9.17) is 4.74 Å². The van der Waals surface area contributed by atoms with Crippen molar-refractivity contribution in [3.63, 3.8) is 0 Å². The van der Waals surface area contributed by atoms with Crippen molar-refractivity contribution in [2.45, 2.75) is 50.7 Å². The number of methoxy groups -OCH3 is 1. The second-order valence-corrected chi connectivity index (χ2v) is 12.1. The smallest absolute Gasteiger partial charge is 0.264 e. The number of hydrogen-bond donors (Lipinski definition) is 1. The third-order valence-corrected chi connectivity index (χ3v) is 8.73. The molecule has 2 atom stereocenters. The minimum absolute atomic E-state index is 0.0627. The van der Waals surface area contributed by atoms with Crippen LogP contribution in [0.4, 0.5) is 10.1 Å². The summed E-state index contributed by atoms with van der Waals surface area (Å²) < 4.78 is 48.2. The van der Waals surface area contributed by atoms with Crippen molar-refractivity contribution < 1.29 is 27.1 Å². The van der Waals surface area contributed by atoms with Crippen LogP contribution in [0, 0.1) is 5.82 Å². The average Bonchev–Trinajstić information content (AvgIpc) is 2.94. The van der Waals surface area contributed by atoms with Gasteiger partial charge < -0.3 is 15.0 Å². The minimum atomic E-state index is -4.27. The Morgan fingerprint density at radius 3 is 2.25 bits per heavy atom. The molecule has 0 saturated carbocycles. The first-order valence-electron chi connectivity index (χ1n) is 12.7. The molecule has 3 aromatic carbocycles. The highest BCUT2D eigenvalue weighted by Crippen LogP contribution is 2.26. The van der Waals surface area contributed by atoms with Crippen molar-refractivity contribution in [1.82, 2.24) is 10.2 Å². The van der Waals surface area contributed by atoms with Crippen LogP contribution in [-0.2, 0) is 26.2 Å². The molecule has 2 amide bonds. The number of carbonyl (C=O) groups excluding carboxylic acids is 2. The van der Waals surface area contributed by atoms with E-state index in [9.17, 15) is 22.4 Å². The standard InChI is InChI=1S/C29H33BrFN3O5S/c1-5-20(2)32-29(36)21(3)33(18-22-7-6-8-23(30)17-22)28(35)19-34(25-11-9-24(31)10-12-25)40(37,38)27-15-13-26(39-4)14-16-27/h6-17,20-21H,5,18-19H2,1-4H3,(H,32,36)/t20-,21+/m0/s1. The highest BCUT2D eigenvalue weighted by molar-refractivity contribution is 9.10. The molecule has 11 heteroatoms. The molecular weight excluding hydrogens is 601 g/mol. The van der Waals surface area contributed by atoms with E-state index in [1.807, 2.05) is 38.1 Å². The van der Waals surface area contributed by atoms with Gasteiger partial charge in [-0.15, -0.1) is 0 Å². The Kier molecular flexibility index (Phi) is 10.7. The molecule has 214 valence electrons. The van der Waals surface area contributed by atoms with Crippen LogP contribution in [0.2, 0.25) is 0 Å². The third kappa shape index (κ3) is 7.82. The van der Waals surface area contributed by atoms with Gasteiger partial charge in [0.15, 0.2) is 0 Å². The molecular formula is C29H33BrFN3O5S. The van der Waals surface area contributed by atoms with Crippen molar-refractivity contribution >= 4 is 43.5 Å². The van der Waals surface area contributed by atoms with Crippen LogP contribution < -0.4 is 14.4 Å². The van der Waals surface area contributed by atoms with E-state index in [0.29, 0.717) is 12.2 Å². The fourth-order valence-electron chi connectivity index (χ4n) is 3.89. The SMILES string of the molecule is CC[C@H](C)NC(=O)[C@@H](C)N(Cc1cccc(Br)c1)C(=O)CN(c1ccc(F)cc1)S(=O)(=O)c1ccc(OC)cc1. The Morgan fingerprint density at radius 1 is 1.02 bits per heavy atom. The molecule has 0 aliphatic rings. The van der Waals surface area contributed by atoms with E-state index in [1.165, 1.54) is 48.4 Å². The molecule has 0 saturated heterocycles. The Balaban J connectivity index is 2.02. The highest BCUT2D eigenvalue weighted by Gasteiger charge is 2.33. The number of nitrogens with one attached hydrogen (secondary N) is 1. The van der Waals surface area contributed by atoms with E-state index < -0.39 is 34.3 Å². The van der Waals surface area contributed by atoms with Gasteiger partial charge in [0.2, 0.25) is 11.8 Å². The predicted octanol–water partition coefficient (Wildman–Crippen LogP) is 5.12. The minimum Gasteiger partial charge on any atom is -0.497 e. The normalized spacial score (nSPS) is 12.8. The maximum atomic E-state index is 13.9. The quantitative estimate of drug-likeness (QED) is 0.299. The van der Waals surface area contributed by atoms with Crippen LogP contribution >= 0.6 is 15.9 Å². The molecule has 1 N–H and O–H groups in total. The van der Waals surface area contributed by atoms with Crippen LogP contribution in [-0.4, -0.2) is 50.9 Å². The Bertz CT molecular complexity index is 1420. The van der Waals surface area contributed by atoms with Gasteiger partial charge in [0.05, 0.1) is 17.7 Å². The van der Waals surface area contributed by atoms with Gasteiger partial charge in [-0.05, 0) is 86.5 Å². The first-order valence-corrected chi connectivity index (χ1v) is 15.0. The number of carbonyl (C=O) groups is 2. The van der Waals surface area contributed by atoms with Crippen molar-refractivity contribution in [3.05, 3.63) is 88.6 Å². The molecule has 0 unspecified atom stereocenters. The van der Waals surface area contributed by atoms with E-state index in [1.54, 1.807) is 6.92 Å². The third-order valence-electron chi connectivity index (χ3n) is 6.45. The lowest BCUT2D eigenvalue weighted by Gasteiger charge is -2.32. The molecule has 0 aromatic heterocycles. The zero-order valence-electron chi connectivity index (χ0n) is 22.8. The van der Waals surface area contributed by atoms with Gasteiger partial charge in [0, 0.05) is 17.1 Å². The van der Waals surface area contributed by atoms with E-state index in [0.717, 1.165) is 26.5 Å². The summed E-state index contributed by atoms with van der Waals surface area (Å²) in [6.07, 6.45) is 0.705. The maximum absolute atomic E-state index is 13.9. The summed E-state index contributed by atoms with van der Waals surface area (Å²) in [6.45, 7) is 4.85. The lowest BCUT2D eigenvalue weighted by molar-refractivity contribution is -0.139. The number of anilines is 1. The maximum Gasteiger partial charge on any atom is 0.264 e. The number of amides is 2. The van der Waals surface area contributed by atoms with E-state index in [2.05, 4.69) is 21.2 Å². The van der Waals surface area contributed by atoms with E-state index in [-0.39, 0.29) is 29.1 Å². The van der Waals surface area contributed by atoms with Crippen LogP contribution in [0.15, 0.2) is 82.2 Å². The molecule has 0 fully saturated rings. The molecule has 0 spiro atoms. The molecule has 0 heterocycles. The predicted molar refractivity (Wildman–Crippen MR) is 156 cm³/mol. The van der Waals surface area contributed by atoms with Gasteiger partial charge in [-0.3, -0.25) is 13.9 Å². The zero-order chi connectivity index (χ0) is 29.4. The number of hydrogen-bond acceptors (Lipinski definition) is 5. The van der Waals surface area contributed by atoms with Crippen LogP contribution in [0.5, 0.6) is 5.75 Å². The molecule has 3 rings (SSSR count). The Morgan fingerprint density at radius 2 is 1.68 bits per heavy atom. The van der Waals surface area contributed by atoms with Crippen LogP contribution in [0.3, 0.4) is 0 Å². The van der Waals surface area contributed by atoms with Crippen LogP contribution in [0.25, 0.3) is 0 Å².